The van der Waals surface area contributed by atoms with Gasteiger partial charge >= 0.3 is 6.03 Å². The first kappa shape index (κ1) is 15.5. The van der Waals surface area contributed by atoms with Crippen LogP contribution in [0.5, 0.6) is 0 Å². The summed E-state index contributed by atoms with van der Waals surface area (Å²) < 4.78 is 0. The molecule has 0 spiro atoms. The number of benzene rings is 1. The van der Waals surface area contributed by atoms with Crippen LogP contribution < -0.4 is 5.32 Å². The third-order valence-electron chi connectivity index (χ3n) is 4.56. The molecule has 3 rings (SSSR count). The number of hydrogen-bond acceptors (Lipinski definition) is 2. The van der Waals surface area contributed by atoms with Crippen LogP contribution in [0, 0.1) is 0 Å². The molecule has 2 heterocycles. The Morgan fingerprint density at radius 3 is 2.87 bits per heavy atom. The van der Waals surface area contributed by atoms with E-state index in [9.17, 15) is 4.79 Å². The van der Waals surface area contributed by atoms with Crippen LogP contribution in [0.3, 0.4) is 0 Å². The fraction of sp³-hybridized carbons (Fsp3) is 0.368. The number of nitrogens with one attached hydrogen (secondary N) is 1. The Morgan fingerprint density at radius 1 is 1.30 bits per heavy atom. The minimum absolute atomic E-state index is 0.0409. The Morgan fingerprint density at radius 2 is 2.13 bits per heavy atom. The maximum atomic E-state index is 12.4. The molecule has 120 valence electrons. The second-order valence-corrected chi connectivity index (χ2v) is 6.22. The van der Waals surface area contributed by atoms with Gasteiger partial charge in [0.25, 0.3) is 0 Å². The van der Waals surface area contributed by atoms with Crippen LogP contribution in [0.4, 0.5) is 4.79 Å². The third kappa shape index (κ3) is 3.89. The predicted molar refractivity (Wildman–Crippen MR) is 91.4 cm³/mol. The van der Waals surface area contributed by atoms with E-state index in [0.29, 0.717) is 18.4 Å². The maximum absolute atomic E-state index is 12.4. The van der Waals surface area contributed by atoms with E-state index in [2.05, 4.69) is 35.4 Å². The molecule has 23 heavy (non-hydrogen) atoms. The summed E-state index contributed by atoms with van der Waals surface area (Å²) in [5.41, 5.74) is 2.47. The molecule has 1 saturated heterocycles. The van der Waals surface area contributed by atoms with Crippen molar-refractivity contribution in [3.05, 3.63) is 66.0 Å². The molecular formula is C19H23N3O. The van der Waals surface area contributed by atoms with E-state index < -0.39 is 0 Å². The summed E-state index contributed by atoms with van der Waals surface area (Å²) in [5, 5.41) is 3.07. The van der Waals surface area contributed by atoms with Gasteiger partial charge in [-0.3, -0.25) is 4.98 Å². The number of pyridine rings is 1. The molecule has 2 amide bonds. The van der Waals surface area contributed by atoms with Gasteiger partial charge in [-0.1, -0.05) is 43.3 Å². The van der Waals surface area contributed by atoms with E-state index >= 15 is 0 Å². The molecular weight excluding hydrogens is 286 g/mol. The van der Waals surface area contributed by atoms with Crippen molar-refractivity contribution in [1.29, 1.82) is 0 Å². The zero-order valence-electron chi connectivity index (χ0n) is 13.5. The van der Waals surface area contributed by atoms with Gasteiger partial charge in [-0.15, -0.1) is 0 Å². The summed E-state index contributed by atoms with van der Waals surface area (Å²) >= 11 is 0. The molecule has 2 atom stereocenters. The first-order valence-corrected chi connectivity index (χ1v) is 8.21. The van der Waals surface area contributed by atoms with Crippen molar-refractivity contribution in [2.75, 3.05) is 19.6 Å². The molecule has 1 aromatic carbocycles. The van der Waals surface area contributed by atoms with Crippen LogP contribution in [0.2, 0.25) is 0 Å². The van der Waals surface area contributed by atoms with E-state index in [1.165, 1.54) is 11.1 Å². The molecule has 1 aromatic heterocycles. The highest BCUT2D eigenvalue weighted by Gasteiger charge is 2.27. The summed E-state index contributed by atoms with van der Waals surface area (Å²) in [6, 6.07) is 14.4. The van der Waals surface area contributed by atoms with Crippen LogP contribution >= 0.6 is 0 Å². The predicted octanol–water partition coefficient (Wildman–Crippen LogP) is 3.38. The number of nitrogens with zero attached hydrogens (tertiary/aromatic N) is 2. The van der Waals surface area contributed by atoms with Gasteiger partial charge in [0, 0.05) is 37.9 Å². The summed E-state index contributed by atoms with van der Waals surface area (Å²) in [6.07, 6.45) is 4.70. The van der Waals surface area contributed by atoms with Crippen LogP contribution in [-0.4, -0.2) is 35.5 Å². The maximum Gasteiger partial charge on any atom is 0.317 e. The van der Waals surface area contributed by atoms with Gasteiger partial charge in [0.05, 0.1) is 0 Å². The van der Waals surface area contributed by atoms with E-state index in [4.69, 9.17) is 0 Å². The minimum atomic E-state index is 0.0409. The normalized spacial score (nSPS) is 18.7. The Balaban J connectivity index is 1.50. The molecule has 0 bridgehead atoms. The number of rotatable bonds is 4. The highest BCUT2D eigenvalue weighted by Crippen LogP contribution is 2.26. The largest absolute Gasteiger partial charge is 0.337 e. The monoisotopic (exact) mass is 309 g/mol. The average Bonchev–Trinajstić information content (AvgIpc) is 3.11. The highest BCUT2D eigenvalue weighted by atomic mass is 16.2. The lowest BCUT2D eigenvalue weighted by atomic mass is 10.0. The Kier molecular flexibility index (Phi) is 4.91. The molecule has 1 N–H and O–H groups in total. The highest BCUT2D eigenvalue weighted by molar-refractivity contribution is 5.74. The standard InChI is InChI=1S/C19H23N3O/c1-15(16-6-3-2-4-7-16)12-21-19(23)22-11-9-18(14-22)17-8-5-10-20-13-17/h2-8,10,13,15,18H,9,11-12,14H2,1H3,(H,21,23)/t15-,18?/m1/s1. The molecule has 4 nitrogen and oxygen atoms in total. The van der Waals surface area contributed by atoms with Crippen LogP contribution in [0.25, 0.3) is 0 Å². The molecule has 0 radical (unpaired) electrons. The Hall–Kier alpha value is -2.36. The van der Waals surface area contributed by atoms with E-state index in [-0.39, 0.29) is 6.03 Å². The Labute approximate surface area is 137 Å². The number of hydrogen-bond donors (Lipinski definition) is 1. The lowest BCUT2D eigenvalue weighted by molar-refractivity contribution is 0.207. The molecule has 0 aliphatic carbocycles. The molecule has 1 aliphatic rings. The zero-order valence-corrected chi connectivity index (χ0v) is 13.5. The van der Waals surface area contributed by atoms with Crippen LogP contribution in [-0.2, 0) is 0 Å². The van der Waals surface area contributed by atoms with Gasteiger partial charge in [0.15, 0.2) is 0 Å². The first-order chi connectivity index (χ1) is 11.2. The van der Waals surface area contributed by atoms with Crippen LogP contribution in [0.15, 0.2) is 54.9 Å². The van der Waals surface area contributed by atoms with E-state index in [1.807, 2.05) is 35.4 Å². The Bertz CT molecular complexity index is 630. The van der Waals surface area contributed by atoms with Crippen LogP contribution in [0.1, 0.15) is 36.3 Å². The van der Waals surface area contributed by atoms with Crippen molar-refractivity contribution in [3.8, 4) is 0 Å². The van der Waals surface area contributed by atoms with Gasteiger partial charge in [-0.2, -0.15) is 0 Å². The van der Waals surface area contributed by atoms with Crippen molar-refractivity contribution in [3.63, 3.8) is 0 Å². The lowest BCUT2D eigenvalue weighted by Gasteiger charge is -2.19. The van der Waals surface area contributed by atoms with Gasteiger partial charge < -0.3 is 10.2 Å². The average molecular weight is 309 g/mol. The lowest BCUT2D eigenvalue weighted by Crippen LogP contribution is -2.39. The summed E-state index contributed by atoms with van der Waals surface area (Å²) in [5.74, 6) is 0.720. The number of carbonyl (C=O) groups is 1. The fourth-order valence-corrected chi connectivity index (χ4v) is 3.09. The topological polar surface area (TPSA) is 45.2 Å². The van der Waals surface area contributed by atoms with Crippen molar-refractivity contribution in [2.45, 2.75) is 25.2 Å². The third-order valence-corrected chi connectivity index (χ3v) is 4.56. The second kappa shape index (κ2) is 7.27. The zero-order chi connectivity index (χ0) is 16.1. The van der Waals surface area contributed by atoms with Gasteiger partial charge in [-0.25, -0.2) is 4.79 Å². The molecule has 1 fully saturated rings. The number of urea groups is 1. The van der Waals surface area contributed by atoms with Gasteiger partial charge in [0.1, 0.15) is 0 Å². The minimum Gasteiger partial charge on any atom is -0.337 e. The molecule has 4 heteroatoms. The number of carbonyl (C=O) groups excluding carboxylic acids is 1. The summed E-state index contributed by atoms with van der Waals surface area (Å²) in [7, 11) is 0. The molecule has 2 aromatic rings. The van der Waals surface area contributed by atoms with Crippen molar-refractivity contribution in [2.24, 2.45) is 0 Å². The number of aromatic nitrogens is 1. The number of amides is 2. The van der Waals surface area contributed by atoms with Crippen molar-refractivity contribution in [1.82, 2.24) is 15.2 Å². The van der Waals surface area contributed by atoms with Gasteiger partial charge in [-0.05, 0) is 29.5 Å². The van der Waals surface area contributed by atoms with E-state index in [0.717, 1.165) is 19.5 Å². The fourth-order valence-electron chi connectivity index (χ4n) is 3.09. The van der Waals surface area contributed by atoms with Crippen molar-refractivity contribution < 1.29 is 4.79 Å². The quantitative estimate of drug-likeness (QED) is 0.941. The van der Waals surface area contributed by atoms with Crippen molar-refractivity contribution >= 4 is 6.03 Å². The molecule has 1 aliphatic heterocycles. The SMILES string of the molecule is C[C@H](CNC(=O)N1CCC(c2cccnc2)C1)c1ccccc1. The molecule has 1 unspecified atom stereocenters. The summed E-state index contributed by atoms with van der Waals surface area (Å²) in [6.45, 7) is 4.39. The van der Waals surface area contributed by atoms with E-state index in [1.54, 1.807) is 6.20 Å². The smallest absolute Gasteiger partial charge is 0.317 e. The van der Waals surface area contributed by atoms with Gasteiger partial charge in [0.2, 0.25) is 0 Å². The first-order valence-electron chi connectivity index (χ1n) is 8.21. The second-order valence-electron chi connectivity index (χ2n) is 6.22. The molecule has 0 saturated carbocycles. The summed E-state index contributed by atoms with van der Waals surface area (Å²) in [4.78, 5) is 18.4. The number of likely N-dealkylation sites (tertiary alicyclic amines) is 1.